The van der Waals surface area contributed by atoms with Gasteiger partial charge in [-0.25, -0.2) is 18.0 Å². The van der Waals surface area contributed by atoms with E-state index in [1.807, 2.05) is 5.32 Å². The maximum absolute atomic E-state index is 13.3. The van der Waals surface area contributed by atoms with E-state index >= 15 is 0 Å². The molecule has 16 heavy (non-hydrogen) atoms. The van der Waals surface area contributed by atoms with Crippen molar-refractivity contribution in [3.8, 4) is 0 Å². The zero-order valence-electron chi connectivity index (χ0n) is 8.73. The Morgan fingerprint density at radius 2 is 2.00 bits per heavy atom. The summed E-state index contributed by atoms with van der Waals surface area (Å²) in [6, 6.07) is 0.375. The molecule has 6 heteroatoms. The summed E-state index contributed by atoms with van der Waals surface area (Å²) in [5.41, 5.74) is -0.629. The van der Waals surface area contributed by atoms with E-state index in [2.05, 4.69) is 4.74 Å². The van der Waals surface area contributed by atoms with Crippen molar-refractivity contribution < 1.29 is 22.7 Å². The van der Waals surface area contributed by atoms with Crippen molar-refractivity contribution in [1.29, 1.82) is 0 Å². The number of nitrogens with one attached hydrogen (secondary N) is 1. The first-order valence-corrected chi connectivity index (χ1v) is 4.52. The van der Waals surface area contributed by atoms with Crippen LogP contribution in [0.25, 0.3) is 0 Å². The molecule has 0 aliphatic carbocycles. The molecule has 0 bridgehead atoms. The van der Waals surface area contributed by atoms with Crippen LogP contribution in [0.2, 0.25) is 0 Å². The second-order valence-electron chi connectivity index (χ2n) is 2.98. The highest BCUT2D eigenvalue weighted by atomic mass is 19.2. The Morgan fingerprint density at radius 3 is 2.50 bits per heavy atom. The minimum atomic E-state index is -1.29. The molecule has 0 heterocycles. The third-order valence-electron chi connectivity index (χ3n) is 2.03. The quantitative estimate of drug-likeness (QED) is 0.797. The van der Waals surface area contributed by atoms with Crippen molar-refractivity contribution in [3.05, 3.63) is 29.1 Å². The van der Waals surface area contributed by atoms with E-state index in [0.29, 0.717) is 6.07 Å². The largest absolute Gasteiger partial charge is 0.453 e. The Bertz CT molecular complexity index is 421. The topological polar surface area (TPSA) is 38.3 Å². The molecule has 88 valence electrons. The molecule has 0 fully saturated rings. The van der Waals surface area contributed by atoms with Crippen molar-refractivity contribution in [2.24, 2.45) is 0 Å². The maximum Gasteiger partial charge on any atom is 0.411 e. The van der Waals surface area contributed by atoms with Crippen molar-refractivity contribution in [2.45, 2.75) is 13.3 Å². The maximum atomic E-state index is 13.3. The van der Waals surface area contributed by atoms with Gasteiger partial charge in [-0.2, -0.15) is 0 Å². The molecule has 0 saturated carbocycles. The van der Waals surface area contributed by atoms with Gasteiger partial charge in [0.25, 0.3) is 0 Å². The molecule has 0 aliphatic heterocycles. The molecule has 0 saturated heterocycles. The number of hydrogen-bond acceptors (Lipinski definition) is 2. The molecule has 0 spiro atoms. The molecule has 0 unspecified atom stereocenters. The summed E-state index contributed by atoms with van der Waals surface area (Å²) in [4.78, 5) is 10.9. The number of anilines is 1. The van der Waals surface area contributed by atoms with Gasteiger partial charge in [0.2, 0.25) is 0 Å². The summed E-state index contributed by atoms with van der Waals surface area (Å²) in [5.74, 6) is -3.50. The minimum absolute atomic E-state index is 0.0415. The van der Waals surface area contributed by atoms with Crippen molar-refractivity contribution in [2.75, 3.05) is 12.4 Å². The molecule has 1 N–H and O–H groups in total. The molecule has 1 aromatic carbocycles. The van der Waals surface area contributed by atoms with Crippen LogP contribution in [0, 0.1) is 17.5 Å². The van der Waals surface area contributed by atoms with Crippen molar-refractivity contribution in [3.63, 3.8) is 0 Å². The third kappa shape index (κ3) is 2.26. The number of carbonyl (C=O) groups excluding carboxylic acids is 1. The number of ether oxygens (including phenoxy) is 1. The molecule has 1 amide bonds. The van der Waals surface area contributed by atoms with E-state index in [9.17, 15) is 18.0 Å². The van der Waals surface area contributed by atoms with Gasteiger partial charge in [-0.1, -0.05) is 6.92 Å². The second kappa shape index (κ2) is 4.87. The molecule has 1 aromatic rings. The normalized spacial score (nSPS) is 10.1. The van der Waals surface area contributed by atoms with Gasteiger partial charge in [0.15, 0.2) is 11.6 Å². The smallest absolute Gasteiger partial charge is 0.411 e. The lowest BCUT2D eigenvalue weighted by Gasteiger charge is -2.11. The van der Waals surface area contributed by atoms with Crippen molar-refractivity contribution in [1.82, 2.24) is 0 Å². The summed E-state index contributed by atoms with van der Waals surface area (Å²) in [6.45, 7) is 1.51. The van der Waals surface area contributed by atoms with Crippen LogP contribution < -0.4 is 5.32 Å². The number of halogens is 3. The number of benzene rings is 1. The number of hydrogen-bond donors (Lipinski definition) is 1. The first-order chi connectivity index (χ1) is 7.51. The Kier molecular flexibility index (Phi) is 3.76. The summed E-state index contributed by atoms with van der Waals surface area (Å²) in [6.07, 6.45) is -0.903. The van der Waals surface area contributed by atoms with Gasteiger partial charge in [-0.3, -0.25) is 5.32 Å². The molecule has 1 rings (SSSR count). The minimum Gasteiger partial charge on any atom is -0.453 e. The number of methoxy groups -OCH3 is 1. The van der Waals surface area contributed by atoms with E-state index < -0.39 is 29.2 Å². The Hall–Kier alpha value is -1.72. The van der Waals surface area contributed by atoms with Crippen LogP contribution in [0.1, 0.15) is 12.5 Å². The van der Waals surface area contributed by atoms with Crippen LogP contribution in [0.15, 0.2) is 6.07 Å². The highest BCUT2D eigenvalue weighted by Gasteiger charge is 2.19. The number of carbonyl (C=O) groups is 1. The molecule has 0 atom stereocenters. The van der Waals surface area contributed by atoms with Gasteiger partial charge in [0.1, 0.15) is 5.82 Å². The fourth-order valence-corrected chi connectivity index (χ4v) is 1.27. The molecule has 0 aliphatic rings. The van der Waals surface area contributed by atoms with Crippen molar-refractivity contribution >= 4 is 11.8 Å². The van der Waals surface area contributed by atoms with Crippen LogP contribution >= 0.6 is 0 Å². The number of amides is 1. The first-order valence-electron chi connectivity index (χ1n) is 4.52. The fourth-order valence-electron chi connectivity index (χ4n) is 1.27. The van der Waals surface area contributed by atoms with Crippen LogP contribution in [0.3, 0.4) is 0 Å². The fraction of sp³-hybridized carbons (Fsp3) is 0.300. The lowest BCUT2D eigenvalue weighted by Crippen LogP contribution is -2.15. The second-order valence-corrected chi connectivity index (χ2v) is 2.98. The summed E-state index contributed by atoms with van der Waals surface area (Å²) >= 11 is 0. The predicted octanol–water partition coefficient (Wildman–Crippen LogP) is 2.84. The summed E-state index contributed by atoms with van der Waals surface area (Å²) < 4.78 is 43.7. The lowest BCUT2D eigenvalue weighted by molar-refractivity contribution is 0.186. The standard InChI is InChI=1S/C10H10F3NO2/c1-3-5-8(13)6(11)4-7(12)9(5)14-10(15)16-2/h4H,3H2,1-2H3,(H,14,15). The van der Waals surface area contributed by atoms with Crippen LogP contribution in [-0.4, -0.2) is 13.2 Å². The predicted molar refractivity (Wildman–Crippen MR) is 51.7 cm³/mol. The van der Waals surface area contributed by atoms with Crippen LogP contribution in [0.5, 0.6) is 0 Å². The van der Waals surface area contributed by atoms with Gasteiger partial charge in [0, 0.05) is 11.6 Å². The molecular formula is C10H10F3NO2. The molecular weight excluding hydrogens is 223 g/mol. The highest BCUT2D eigenvalue weighted by Crippen LogP contribution is 2.26. The lowest BCUT2D eigenvalue weighted by atomic mass is 10.1. The Labute approximate surface area is 90.2 Å². The van der Waals surface area contributed by atoms with Gasteiger partial charge < -0.3 is 4.74 Å². The van der Waals surface area contributed by atoms with Crippen LogP contribution in [0.4, 0.5) is 23.7 Å². The SMILES string of the molecule is CCc1c(F)c(F)cc(F)c1NC(=O)OC. The summed E-state index contributed by atoms with van der Waals surface area (Å²) in [5, 5.41) is 2.00. The van der Waals surface area contributed by atoms with Gasteiger partial charge >= 0.3 is 6.09 Å². The Balaban J connectivity index is 3.25. The number of rotatable bonds is 2. The Morgan fingerprint density at radius 1 is 1.38 bits per heavy atom. The highest BCUT2D eigenvalue weighted by molar-refractivity contribution is 5.85. The van der Waals surface area contributed by atoms with E-state index in [4.69, 9.17) is 0 Å². The monoisotopic (exact) mass is 233 g/mol. The summed E-state index contributed by atoms with van der Waals surface area (Å²) in [7, 11) is 1.08. The zero-order valence-corrected chi connectivity index (χ0v) is 8.73. The average molecular weight is 233 g/mol. The van der Waals surface area contributed by atoms with Gasteiger partial charge in [0.05, 0.1) is 12.8 Å². The average Bonchev–Trinajstić information content (AvgIpc) is 2.26. The van der Waals surface area contributed by atoms with Gasteiger partial charge in [-0.15, -0.1) is 0 Å². The van der Waals surface area contributed by atoms with E-state index in [0.717, 1.165) is 7.11 Å². The van der Waals surface area contributed by atoms with E-state index in [1.54, 1.807) is 0 Å². The third-order valence-corrected chi connectivity index (χ3v) is 2.03. The first kappa shape index (κ1) is 12.4. The molecule has 0 aromatic heterocycles. The van der Waals surface area contributed by atoms with E-state index in [-0.39, 0.29) is 12.0 Å². The molecule has 3 nitrogen and oxygen atoms in total. The van der Waals surface area contributed by atoms with Crippen LogP contribution in [-0.2, 0) is 11.2 Å². The van der Waals surface area contributed by atoms with E-state index in [1.165, 1.54) is 6.92 Å². The zero-order chi connectivity index (χ0) is 12.3. The molecule has 0 radical (unpaired) electrons. The van der Waals surface area contributed by atoms with Gasteiger partial charge in [-0.05, 0) is 6.42 Å².